The Morgan fingerprint density at radius 2 is 1.83 bits per heavy atom. The monoisotopic (exact) mass is 337 g/mol. The van der Waals surface area contributed by atoms with Crippen molar-refractivity contribution in [1.29, 1.82) is 5.26 Å². The van der Waals surface area contributed by atoms with Gasteiger partial charge in [0.2, 0.25) is 0 Å². The molecule has 3 aliphatic heterocycles. The highest BCUT2D eigenvalue weighted by molar-refractivity contribution is 8.13. The van der Waals surface area contributed by atoms with Gasteiger partial charge in [-0.1, -0.05) is 36.0 Å². The number of hydrogen-bond donors (Lipinski definition) is 0. The van der Waals surface area contributed by atoms with Crippen LogP contribution in [0.25, 0.3) is 0 Å². The quantitative estimate of drug-likeness (QED) is 0.789. The fourth-order valence-electron chi connectivity index (χ4n) is 3.52. The van der Waals surface area contributed by atoms with E-state index in [1.54, 1.807) is 11.8 Å². The number of amidine groups is 2. The van der Waals surface area contributed by atoms with E-state index >= 15 is 0 Å². The van der Waals surface area contributed by atoms with Crippen molar-refractivity contribution in [2.75, 3.05) is 32.4 Å². The zero-order chi connectivity index (χ0) is 16.5. The fraction of sp³-hybridized carbons (Fsp3) is 0.389. The summed E-state index contributed by atoms with van der Waals surface area (Å²) in [6.45, 7) is 3.32. The number of aliphatic imine (C=N–C) groups is 2. The van der Waals surface area contributed by atoms with Crippen molar-refractivity contribution in [1.82, 2.24) is 9.80 Å². The highest BCUT2D eigenvalue weighted by Crippen LogP contribution is 2.28. The second-order valence-corrected chi connectivity index (χ2v) is 6.80. The Kier molecular flexibility index (Phi) is 4.03. The van der Waals surface area contributed by atoms with Gasteiger partial charge in [-0.05, 0) is 30.2 Å². The number of benzene rings is 1. The molecule has 0 atom stereocenters. The molecule has 6 heteroatoms. The van der Waals surface area contributed by atoms with E-state index in [1.807, 2.05) is 6.26 Å². The van der Waals surface area contributed by atoms with Crippen LogP contribution in [0, 0.1) is 11.3 Å². The molecule has 0 unspecified atom stereocenters. The molecule has 0 N–H and O–H groups in total. The van der Waals surface area contributed by atoms with Gasteiger partial charge in [-0.25, -0.2) is 4.99 Å². The molecule has 0 spiro atoms. The van der Waals surface area contributed by atoms with Crippen LogP contribution < -0.4 is 0 Å². The minimum Gasteiger partial charge on any atom is -0.355 e. The third-order valence-corrected chi connectivity index (χ3v) is 5.41. The average Bonchev–Trinajstić information content (AvgIpc) is 3.01. The minimum absolute atomic E-state index is 0.622. The molecule has 0 aliphatic carbocycles. The highest BCUT2D eigenvalue weighted by Gasteiger charge is 2.33. The first-order valence-corrected chi connectivity index (χ1v) is 9.45. The maximum absolute atomic E-state index is 9.72. The Labute approximate surface area is 146 Å². The lowest BCUT2D eigenvalue weighted by atomic mass is 10.0. The van der Waals surface area contributed by atoms with Crippen molar-refractivity contribution in [2.24, 2.45) is 9.98 Å². The number of hydrogen-bond acceptors (Lipinski definition) is 6. The summed E-state index contributed by atoms with van der Waals surface area (Å²) in [5, 5.41) is 10.7. The van der Waals surface area contributed by atoms with Gasteiger partial charge in [0.1, 0.15) is 11.6 Å². The third kappa shape index (κ3) is 2.49. The van der Waals surface area contributed by atoms with Crippen molar-refractivity contribution >= 4 is 22.8 Å². The Balaban J connectivity index is 1.70. The first-order chi connectivity index (χ1) is 11.8. The Morgan fingerprint density at radius 3 is 2.46 bits per heavy atom. The van der Waals surface area contributed by atoms with E-state index in [1.165, 1.54) is 11.1 Å². The number of fused-ring (bicyclic) bond motifs is 2. The molecule has 5 nitrogen and oxygen atoms in total. The normalized spacial score (nSPS) is 20.0. The van der Waals surface area contributed by atoms with E-state index in [0.29, 0.717) is 5.57 Å². The average molecular weight is 337 g/mol. The molecule has 0 saturated carbocycles. The van der Waals surface area contributed by atoms with Gasteiger partial charge in [-0.2, -0.15) is 5.26 Å². The largest absolute Gasteiger partial charge is 0.355 e. The molecule has 0 saturated heterocycles. The van der Waals surface area contributed by atoms with E-state index < -0.39 is 0 Å². The molecule has 0 bridgehead atoms. The zero-order valence-corrected chi connectivity index (χ0v) is 14.5. The number of nitrogens with zero attached hydrogens (tertiary/aromatic N) is 5. The first-order valence-electron chi connectivity index (χ1n) is 8.23. The smallest absolute Gasteiger partial charge is 0.171 e. The summed E-state index contributed by atoms with van der Waals surface area (Å²) in [5.41, 5.74) is 3.43. The second kappa shape index (κ2) is 6.33. The van der Waals surface area contributed by atoms with Crippen LogP contribution in [0.3, 0.4) is 0 Å². The van der Waals surface area contributed by atoms with Crippen LogP contribution in [0.5, 0.6) is 0 Å². The molecule has 24 heavy (non-hydrogen) atoms. The molecule has 1 aromatic carbocycles. The van der Waals surface area contributed by atoms with Crippen molar-refractivity contribution in [3.63, 3.8) is 0 Å². The second-order valence-electron chi connectivity index (χ2n) is 6.02. The van der Waals surface area contributed by atoms with Crippen LogP contribution >= 0.6 is 11.8 Å². The Bertz CT molecular complexity index is 775. The maximum Gasteiger partial charge on any atom is 0.171 e. The molecule has 4 rings (SSSR count). The van der Waals surface area contributed by atoms with E-state index in [9.17, 15) is 5.26 Å². The summed E-state index contributed by atoms with van der Waals surface area (Å²) in [6, 6.07) is 11.0. The predicted octanol–water partition coefficient (Wildman–Crippen LogP) is 2.27. The van der Waals surface area contributed by atoms with E-state index in [4.69, 9.17) is 4.99 Å². The van der Waals surface area contributed by atoms with Crippen LogP contribution in [0.1, 0.15) is 11.1 Å². The van der Waals surface area contributed by atoms with E-state index in [-0.39, 0.29) is 0 Å². The molecule has 0 fully saturated rings. The maximum atomic E-state index is 9.72. The molecule has 0 radical (unpaired) electrons. The lowest BCUT2D eigenvalue weighted by Crippen LogP contribution is -2.40. The van der Waals surface area contributed by atoms with Gasteiger partial charge in [-0.15, -0.1) is 0 Å². The zero-order valence-electron chi connectivity index (χ0n) is 13.7. The van der Waals surface area contributed by atoms with Crippen molar-refractivity contribution in [3.05, 3.63) is 46.8 Å². The summed E-state index contributed by atoms with van der Waals surface area (Å²) in [7, 11) is 0. The van der Waals surface area contributed by atoms with E-state index in [2.05, 4.69) is 45.1 Å². The molecule has 3 aliphatic rings. The molecular weight excluding hydrogens is 318 g/mol. The number of thioether (sulfide) groups is 1. The van der Waals surface area contributed by atoms with Gasteiger partial charge in [0, 0.05) is 19.6 Å². The number of rotatable bonds is 1. The van der Waals surface area contributed by atoms with Gasteiger partial charge in [0.15, 0.2) is 16.8 Å². The highest BCUT2D eigenvalue weighted by atomic mass is 32.2. The SMILES string of the molecule is CSC1=NC(N2CCc3ccccc3CC2)=C(C#N)C2=NCCN12. The molecule has 122 valence electrons. The third-order valence-electron chi connectivity index (χ3n) is 4.73. The standard InChI is InChI=1S/C18H19N5S/c1-24-18-21-17(15(12-19)16-20-8-11-23(16)18)22-9-6-13-4-2-3-5-14(13)7-10-22/h2-5H,6-11H2,1H3. The predicted molar refractivity (Wildman–Crippen MR) is 98.0 cm³/mol. The Morgan fingerprint density at radius 1 is 1.12 bits per heavy atom. The van der Waals surface area contributed by atoms with Gasteiger partial charge in [0.05, 0.1) is 6.54 Å². The topological polar surface area (TPSA) is 55.0 Å². The molecule has 1 aromatic rings. The summed E-state index contributed by atoms with van der Waals surface area (Å²) in [6.07, 6.45) is 4.00. The van der Waals surface area contributed by atoms with Crippen LogP contribution in [-0.4, -0.2) is 53.2 Å². The molecule has 0 aromatic heterocycles. The number of nitriles is 1. The summed E-state index contributed by atoms with van der Waals surface area (Å²) in [5.74, 6) is 1.60. The van der Waals surface area contributed by atoms with Gasteiger partial charge >= 0.3 is 0 Å². The summed E-state index contributed by atoms with van der Waals surface area (Å²) in [4.78, 5) is 13.7. The molecule has 3 heterocycles. The van der Waals surface area contributed by atoms with Gasteiger partial charge < -0.3 is 9.80 Å². The Hall–Kier alpha value is -2.26. The van der Waals surface area contributed by atoms with Crippen molar-refractivity contribution in [2.45, 2.75) is 12.8 Å². The van der Waals surface area contributed by atoms with Crippen LogP contribution in [-0.2, 0) is 12.8 Å². The van der Waals surface area contributed by atoms with Crippen LogP contribution in [0.4, 0.5) is 0 Å². The van der Waals surface area contributed by atoms with Crippen molar-refractivity contribution in [3.8, 4) is 6.07 Å². The minimum atomic E-state index is 0.622. The van der Waals surface area contributed by atoms with Gasteiger partial charge in [0.25, 0.3) is 0 Å². The van der Waals surface area contributed by atoms with Crippen LogP contribution in [0.2, 0.25) is 0 Å². The molecular formula is C18H19N5S. The fourth-order valence-corrected chi connectivity index (χ4v) is 4.09. The molecule has 0 amide bonds. The first kappa shape index (κ1) is 15.3. The van der Waals surface area contributed by atoms with Crippen molar-refractivity contribution < 1.29 is 0 Å². The van der Waals surface area contributed by atoms with E-state index in [0.717, 1.165) is 55.8 Å². The summed E-state index contributed by atoms with van der Waals surface area (Å²) < 4.78 is 0. The summed E-state index contributed by atoms with van der Waals surface area (Å²) >= 11 is 1.62. The van der Waals surface area contributed by atoms with Crippen LogP contribution in [0.15, 0.2) is 45.6 Å². The lowest BCUT2D eigenvalue weighted by molar-refractivity contribution is 0.354. The lowest BCUT2D eigenvalue weighted by Gasteiger charge is -2.31. The van der Waals surface area contributed by atoms with Gasteiger partial charge in [-0.3, -0.25) is 4.99 Å².